The topological polar surface area (TPSA) is 78.7 Å². The van der Waals surface area contributed by atoms with Gasteiger partial charge in [0.05, 0.1) is 4.92 Å². The predicted octanol–water partition coefficient (Wildman–Crippen LogP) is 2.90. The Morgan fingerprint density at radius 1 is 1.26 bits per heavy atom. The molecular formula is C20H30N4O3. The highest BCUT2D eigenvalue weighted by Gasteiger charge is 2.28. The molecular weight excluding hydrogens is 344 g/mol. The third kappa shape index (κ3) is 4.77. The average molecular weight is 374 g/mol. The van der Waals surface area contributed by atoms with Crippen LogP contribution in [0.1, 0.15) is 43.0 Å². The van der Waals surface area contributed by atoms with Gasteiger partial charge in [0.15, 0.2) is 0 Å². The Labute approximate surface area is 160 Å². The Balaban J connectivity index is 1.71. The van der Waals surface area contributed by atoms with Crippen molar-refractivity contribution in [3.63, 3.8) is 0 Å². The number of anilines is 1. The fourth-order valence-electron chi connectivity index (χ4n) is 4.27. The normalized spacial score (nSPS) is 21.9. The summed E-state index contributed by atoms with van der Waals surface area (Å²) in [6.45, 7) is 7.39. The van der Waals surface area contributed by atoms with Crippen LogP contribution in [0.5, 0.6) is 0 Å². The molecule has 7 nitrogen and oxygen atoms in total. The SMILES string of the molecule is CNC(=O)c1ccc(N2CCCC(CN3CCC(C)CC3)C2)c([N+](=O)[O-])c1. The molecule has 1 aromatic carbocycles. The minimum atomic E-state index is -0.378. The van der Waals surface area contributed by atoms with E-state index < -0.39 is 0 Å². The summed E-state index contributed by atoms with van der Waals surface area (Å²) in [5.41, 5.74) is 0.970. The highest BCUT2D eigenvalue weighted by molar-refractivity contribution is 5.95. The molecule has 0 aliphatic carbocycles. The van der Waals surface area contributed by atoms with Crippen LogP contribution in [0.3, 0.4) is 0 Å². The van der Waals surface area contributed by atoms with E-state index in [0.717, 1.165) is 32.0 Å². The zero-order valence-corrected chi connectivity index (χ0v) is 16.3. The number of likely N-dealkylation sites (tertiary alicyclic amines) is 1. The van der Waals surface area contributed by atoms with Crippen molar-refractivity contribution in [2.75, 3.05) is 44.7 Å². The zero-order valence-electron chi connectivity index (χ0n) is 16.3. The Bertz CT molecular complexity index is 686. The van der Waals surface area contributed by atoms with E-state index in [2.05, 4.69) is 22.0 Å². The van der Waals surface area contributed by atoms with Gasteiger partial charge >= 0.3 is 0 Å². The van der Waals surface area contributed by atoms with Gasteiger partial charge in [-0.25, -0.2) is 0 Å². The molecule has 1 aromatic rings. The smallest absolute Gasteiger partial charge is 0.293 e. The first-order valence-electron chi connectivity index (χ1n) is 9.95. The van der Waals surface area contributed by atoms with E-state index >= 15 is 0 Å². The van der Waals surface area contributed by atoms with Crippen LogP contribution in [0, 0.1) is 22.0 Å². The number of nitrogens with one attached hydrogen (secondary N) is 1. The van der Waals surface area contributed by atoms with Crippen molar-refractivity contribution in [2.45, 2.75) is 32.6 Å². The Morgan fingerprint density at radius 2 is 2.00 bits per heavy atom. The quantitative estimate of drug-likeness (QED) is 0.633. The van der Waals surface area contributed by atoms with Crippen molar-refractivity contribution >= 4 is 17.3 Å². The summed E-state index contributed by atoms with van der Waals surface area (Å²) in [5, 5.41) is 14.1. The van der Waals surface area contributed by atoms with E-state index in [-0.39, 0.29) is 16.5 Å². The molecule has 1 atom stereocenters. The van der Waals surface area contributed by atoms with Gasteiger partial charge in [-0.2, -0.15) is 0 Å². The molecule has 7 heteroatoms. The highest BCUT2D eigenvalue weighted by Crippen LogP contribution is 2.33. The molecule has 0 aromatic heterocycles. The third-order valence-corrected chi connectivity index (χ3v) is 5.91. The van der Waals surface area contributed by atoms with E-state index in [1.165, 1.54) is 45.5 Å². The van der Waals surface area contributed by atoms with E-state index in [9.17, 15) is 14.9 Å². The van der Waals surface area contributed by atoms with Crippen molar-refractivity contribution in [1.82, 2.24) is 10.2 Å². The number of benzene rings is 1. The Kier molecular flexibility index (Phi) is 6.31. The molecule has 3 rings (SSSR count). The standard InChI is InChI=1S/C20H30N4O3/c1-15-7-10-22(11-8-15)13-16-4-3-9-23(14-16)18-6-5-17(20(25)21-2)12-19(18)24(26)27/h5-6,12,15-16H,3-4,7-11,13-14H2,1-2H3,(H,21,25). The summed E-state index contributed by atoms with van der Waals surface area (Å²) in [4.78, 5) is 27.7. The molecule has 0 saturated carbocycles. The van der Waals surface area contributed by atoms with Crippen LogP contribution in [-0.2, 0) is 0 Å². The number of nitro groups is 1. The second kappa shape index (κ2) is 8.69. The lowest BCUT2D eigenvalue weighted by atomic mass is 9.94. The van der Waals surface area contributed by atoms with Crippen molar-refractivity contribution in [2.24, 2.45) is 11.8 Å². The van der Waals surface area contributed by atoms with E-state index in [4.69, 9.17) is 0 Å². The molecule has 1 N–H and O–H groups in total. The molecule has 2 heterocycles. The van der Waals surface area contributed by atoms with E-state index in [1.54, 1.807) is 12.1 Å². The van der Waals surface area contributed by atoms with Gasteiger partial charge < -0.3 is 15.1 Å². The number of piperidine rings is 2. The van der Waals surface area contributed by atoms with Gasteiger partial charge in [-0.15, -0.1) is 0 Å². The van der Waals surface area contributed by atoms with Gasteiger partial charge in [-0.3, -0.25) is 14.9 Å². The lowest BCUT2D eigenvalue weighted by Crippen LogP contribution is -2.43. The van der Waals surface area contributed by atoms with Gasteiger partial charge in [0.25, 0.3) is 11.6 Å². The first-order valence-corrected chi connectivity index (χ1v) is 9.95. The molecule has 148 valence electrons. The van der Waals surface area contributed by atoms with Crippen molar-refractivity contribution in [3.05, 3.63) is 33.9 Å². The fraction of sp³-hybridized carbons (Fsp3) is 0.650. The van der Waals surface area contributed by atoms with E-state index in [0.29, 0.717) is 17.2 Å². The summed E-state index contributed by atoms with van der Waals surface area (Å²) in [6.07, 6.45) is 4.75. The largest absolute Gasteiger partial charge is 0.366 e. The molecule has 2 aliphatic heterocycles. The highest BCUT2D eigenvalue weighted by atomic mass is 16.6. The van der Waals surface area contributed by atoms with Crippen molar-refractivity contribution in [1.29, 1.82) is 0 Å². The van der Waals surface area contributed by atoms with Crippen LogP contribution in [0.25, 0.3) is 0 Å². The second-order valence-electron chi connectivity index (χ2n) is 7.98. The van der Waals surface area contributed by atoms with Gasteiger partial charge in [0.2, 0.25) is 0 Å². The molecule has 2 saturated heterocycles. The van der Waals surface area contributed by atoms with E-state index in [1.807, 2.05) is 0 Å². The van der Waals surface area contributed by atoms with Crippen LogP contribution in [0.4, 0.5) is 11.4 Å². The molecule has 0 radical (unpaired) electrons. The van der Waals surface area contributed by atoms with Gasteiger partial charge in [0, 0.05) is 38.3 Å². The predicted molar refractivity (Wildman–Crippen MR) is 106 cm³/mol. The number of hydrogen-bond acceptors (Lipinski definition) is 5. The number of carbonyl (C=O) groups excluding carboxylic acids is 1. The fourth-order valence-corrected chi connectivity index (χ4v) is 4.27. The molecule has 27 heavy (non-hydrogen) atoms. The first-order chi connectivity index (χ1) is 13.0. The number of nitro benzene ring substituents is 1. The van der Waals surface area contributed by atoms with Crippen LogP contribution in [0.15, 0.2) is 18.2 Å². The van der Waals surface area contributed by atoms with Crippen molar-refractivity contribution in [3.8, 4) is 0 Å². The van der Waals surface area contributed by atoms with Crippen LogP contribution in [0.2, 0.25) is 0 Å². The minimum absolute atomic E-state index is 0.0172. The van der Waals surface area contributed by atoms with Crippen LogP contribution < -0.4 is 10.2 Å². The Morgan fingerprint density at radius 3 is 2.67 bits per heavy atom. The minimum Gasteiger partial charge on any atom is -0.366 e. The Hall–Kier alpha value is -2.15. The maximum Gasteiger partial charge on any atom is 0.293 e. The molecule has 2 fully saturated rings. The third-order valence-electron chi connectivity index (χ3n) is 5.91. The second-order valence-corrected chi connectivity index (χ2v) is 7.98. The number of nitrogens with zero attached hydrogens (tertiary/aromatic N) is 3. The monoisotopic (exact) mass is 374 g/mol. The van der Waals surface area contributed by atoms with Gasteiger partial charge in [-0.1, -0.05) is 6.92 Å². The number of rotatable bonds is 5. The average Bonchev–Trinajstić information content (AvgIpc) is 2.69. The maximum absolute atomic E-state index is 11.8. The zero-order chi connectivity index (χ0) is 19.4. The summed E-state index contributed by atoms with van der Waals surface area (Å²) < 4.78 is 0. The molecule has 0 bridgehead atoms. The number of amides is 1. The molecule has 2 aliphatic rings. The summed E-state index contributed by atoms with van der Waals surface area (Å²) in [5.74, 6) is 1.05. The number of carbonyl (C=O) groups is 1. The number of hydrogen-bond donors (Lipinski definition) is 1. The lowest BCUT2D eigenvalue weighted by Gasteiger charge is -2.38. The van der Waals surface area contributed by atoms with Crippen molar-refractivity contribution < 1.29 is 9.72 Å². The summed E-state index contributed by atoms with van der Waals surface area (Å²) in [6, 6.07) is 4.80. The summed E-state index contributed by atoms with van der Waals surface area (Å²) >= 11 is 0. The lowest BCUT2D eigenvalue weighted by molar-refractivity contribution is -0.384. The molecule has 1 unspecified atom stereocenters. The van der Waals surface area contributed by atoms with Gasteiger partial charge in [-0.05, 0) is 62.7 Å². The first kappa shape index (κ1) is 19.6. The van der Waals surface area contributed by atoms with Gasteiger partial charge in [0.1, 0.15) is 5.69 Å². The summed E-state index contributed by atoms with van der Waals surface area (Å²) in [7, 11) is 1.53. The maximum atomic E-state index is 11.8. The van der Waals surface area contributed by atoms with Crippen LogP contribution >= 0.6 is 0 Å². The molecule has 1 amide bonds. The molecule has 0 spiro atoms. The van der Waals surface area contributed by atoms with Crippen LogP contribution in [-0.4, -0.2) is 55.5 Å².